The lowest BCUT2D eigenvalue weighted by Gasteiger charge is -2.12. The Morgan fingerprint density at radius 3 is 2.55 bits per heavy atom. The van der Waals surface area contributed by atoms with Crippen molar-refractivity contribution in [3.63, 3.8) is 0 Å². The Balaban J connectivity index is 1.18. The van der Waals surface area contributed by atoms with Crippen molar-refractivity contribution in [2.45, 2.75) is 26.1 Å². The number of nitrogens with zero attached hydrogens (tertiary/aromatic N) is 6. The van der Waals surface area contributed by atoms with Gasteiger partial charge in [0.05, 0.1) is 40.8 Å². The van der Waals surface area contributed by atoms with Crippen molar-refractivity contribution in [3.8, 4) is 28.4 Å². The van der Waals surface area contributed by atoms with Crippen LogP contribution in [-0.2, 0) is 24.3 Å². The number of rotatable bonds is 12. The zero-order valence-electron chi connectivity index (χ0n) is 24.8. The summed E-state index contributed by atoms with van der Waals surface area (Å²) in [5, 5.41) is 13.0. The Labute approximate surface area is 264 Å². The summed E-state index contributed by atoms with van der Waals surface area (Å²) in [7, 11) is 1.53. The van der Waals surface area contributed by atoms with Gasteiger partial charge in [-0.2, -0.15) is 13.9 Å². The number of hydrogen-bond acceptors (Lipinski definition) is 7. The van der Waals surface area contributed by atoms with Crippen molar-refractivity contribution in [3.05, 3.63) is 113 Å². The molecule has 0 bridgehead atoms. The van der Waals surface area contributed by atoms with E-state index in [1.807, 2.05) is 0 Å². The van der Waals surface area contributed by atoms with Crippen molar-refractivity contribution in [1.82, 2.24) is 29.3 Å². The summed E-state index contributed by atoms with van der Waals surface area (Å²) in [5.74, 6) is -1.87. The van der Waals surface area contributed by atoms with Gasteiger partial charge in [-0.05, 0) is 48.0 Å². The first-order chi connectivity index (χ1) is 22.7. The number of ether oxygens (including phenoxy) is 2. The highest BCUT2D eigenvalue weighted by Crippen LogP contribution is 2.28. The maximum Gasteiger partial charge on any atom is 0.335 e. The molecule has 0 amide bonds. The van der Waals surface area contributed by atoms with E-state index < -0.39 is 24.2 Å². The second kappa shape index (κ2) is 13.4. The van der Waals surface area contributed by atoms with Crippen LogP contribution in [0, 0.1) is 11.6 Å². The zero-order chi connectivity index (χ0) is 33.1. The van der Waals surface area contributed by atoms with Crippen LogP contribution in [-0.4, -0.2) is 54.1 Å². The number of carboxylic acid groups (broad SMARTS) is 1. The molecule has 0 spiro atoms. The van der Waals surface area contributed by atoms with Gasteiger partial charge in [0.25, 0.3) is 0 Å². The van der Waals surface area contributed by atoms with Crippen molar-refractivity contribution in [1.29, 1.82) is 0 Å². The summed E-state index contributed by atoms with van der Waals surface area (Å²) >= 11 is 0. The van der Waals surface area contributed by atoms with Gasteiger partial charge in [0.2, 0.25) is 5.88 Å². The highest BCUT2D eigenvalue weighted by molar-refractivity contribution is 5.92. The summed E-state index contributed by atoms with van der Waals surface area (Å²) in [6, 6.07) is 14.8. The van der Waals surface area contributed by atoms with Crippen LogP contribution in [0.2, 0.25) is 0 Å². The van der Waals surface area contributed by atoms with E-state index in [2.05, 4.69) is 20.1 Å². The van der Waals surface area contributed by atoms with Gasteiger partial charge in [0.15, 0.2) is 0 Å². The Hall–Kier alpha value is -5.63. The van der Waals surface area contributed by atoms with Crippen molar-refractivity contribution < 1.29 is 36.9 Å². The van der Waals surface area contributed by atoms with Gasteiger partial charge in [-0.25, -0.2) is 28.2 Å². The normalized spacial score (nSPS) is 11.4. The first kappa shape index (κ1) is 31.4. The Morgan fingerprint density at radius 1 is 0.979 bits per heavy atom. The Bertz CT molecular complexity index is 2060. The molecular weight excluding hydrogens is 620 g/mol. The highest BCUT2D eigenvalue weighted by atomic mass is 19.3. The molecule has 4 heterocycles. The fraction of sp³-hybridized carbons (Fsp3) is 0.182. The lowest BCUT2D eigenvalue weighted by molar-refractivity contribution is 0.0566. The van der Waals surface area contributed by atoms with Crippen LogP contribution in [0.25, 0.3) is 33.5 Å². The fourth-order valence-corrected chi connectivity index (χ4v) is 5.02. The third kappa shape index (κ3) is 6.82. The summed E-state index contributed by atoms with van der Waals surface area (Å²) < 4.78 is 69.8. The smallest absolute Gasteiger partial charge is 0.335 e. The molecule has 240 valence electrons. The lowest BCUT2D eigenvalue weighted by atomic mass is 10.0. The predicted octanol–water partition coefficient (Wildman–Crippen LogP) is 6.54. The number of aromatic nitrogens is 6. The van der Waals surface area contributed by atoms with E-state index in [9.17, 15) is 18.7 Å². The van der Waals surface area contributed by atoms with E-state index in [1.165, 1.54) is 43.9 Å². The number of halogens is 4. The molecule has 0 aliphatic heterocycles. The van der Waals surface area contributed by atoms with Gasteiger partial charge in [0, 0.05) is 55.2 Å². The van der Waals surface area contributed by atoms with Crippen LogP contribution < -0.4 is 4.74 Å². The van der Waals surface area contributed by atoms with Gasteiger partial charge < -0.3 is 19.1 Å². The summed E-state index contributed by atoms with van der Waals surface area (Å²) in [4.78, 5) is 24.7. The van der Waals surface area contributed by atoms with E-state index in [1.54, 1.807) is 34.9 Å². The SMILES string of the molecule is COCCn1c(Cc2cc(F)c(-c3cccc(OCc4ccc(-c5cnn(C(F)F)c5)nc4)n3)cc2F)nc2ccc(C(=O)O)cc21. The minimum absolute atomic E-state index is 0.0538. The van der Waals surface area contributed by atoms with E-state index in [0.29, 0.717) is 51.5 Å². The van der Waals surface area contributed by atoms with E-state index in [0.717, 1.165) is 12.1 Å². The van der Waals surface area contributed by atoms with Gasteiger partial charge in [-0.15, -0.1) is 0 Å². The average molecular weight is 647 g/mol. The van der Waals surface area contributed by atoms with Gasteiger partial charge in [-0.3, -0.25) is 4.98 Å². The Morgan fingerprint density at radius 2 is 1.83 bits per heavy atom. The standard InChI is InChI=1S/C33H26F4N6O4/c1-46-10-9-42-29-12-20(32(44)45)6-8-28(29)40-30(42)13-21-11-25(35)23(14-24(21)34)27-3-2-4-31(41-27)47-18-19-5-7-26(38-15-19)22-16-39-43(17-22)33(36)37/h2-8,11-12,14-17,33H,9-10,13,18H2,1H3,(H,44,45). The second-order valence-corrected chi connectivity index (χ2v) is 10.5. The van der Waals surface area contributed by atoms with E-state index in [-0.39, 0.29) is 41.3 Å². The topological polar surface area (TPSA) is 117 Å². The molecule has 4 aromatic heterocycles. The number of fused-ring (bicyclic) bond motifs is 1. The van der Waals surface area contributed by atoms with Crippen LogP contribution in [0.5, 0.6) is 5.88 Å². The number of hydrogen-bond donors (Lipinski definition) is 1. The number of carboxylic acids is 1. The molecule has 0 unspecified atom stereocenters. The predicted molar refractivity (Wildman–Crippen MR) is 162 cm³/mol. The number of aromatic carboxylic acids is 1. The molecule has 0 saturated heterocycles. The van der Waals surface area contributed by atoms with Gasteiger partial charge in [-0.1, -0.05) is 12.1 Å². The van der Waals surface area contributed by atoms with E-state index >= 15 is 8.78 Å². The van der Waals surface area contributed by atoms with Crippen LogP contribution in [0.1, 0.15) is 33.9 Å². The molecular formula is C33H26F4N6O4. The van der Waals surface area contributed by atoms with E-state index in [4.69, 9.17) is 9.47 Å². The van der Waals surface area contributed by atoms with Crippen LogP contribution in [0.4, 0.5) is 17.6 Å². The molecule has 6 aromatic rings. The number of benzene rings is 2. The molecule has 2 aromatic carbocycles. The quantitative estimate of drug-likeness (QED) is 0.149. The molecule has 0 saturated carbocycles. The minimum atomic E-state index is -2.75. The molecule has 0 radical (unpaired) electrons. The molecule has 14 heteroatoms. The zero-order valence-corrected chi connectivity index (χ0v) is 24.8. The van der Waals surface area contributed by atoms with Crippen LogP contribution in [0.15, 0.2) is 79.3 Å². The summed E-state index contributed by atoms with van der Waals surface area (Å²) in [6.45, 7) is -2.05. The first-order valence-corrected chi connectivity index (χ1v) is 14.3. The Kier molecular flexibility index (Phi) is 8.93. The molecule has 1 N–H and O–H groups in total. The number of imidazole rings is 1. The highest BCUT2D eigenvalue weighted by Gasteiger charge is 2.19. The molecule has 0 fully saturated rings. The maximum atomic E-state index is 15.5. The number of carbonyl (C=O) groups is 1. The molecule has 0 aliphatic carbocycles. The lowest BCUT2D eigenvalue weighted by Crippen LogP contribution is -2.10. The van der Waals surface area contributed by atoms with Crippen molar-refractivity contribution >= 4 is 17.0 Å². The number of pyridine rings is 2. The van der Waals surface area contributed by atoms with Gasteiger partial charge >= 0.3 is 12.5 Å². The average Bonchev–Trinajstić information content (AvgIpc) is 3.70. The molecule has 10 nitrogen and oxygen atoms in total. The summed E-state index contributed by atoms with van der Waals surface area (Å²) in [6.07, 6.45) is 3.97. The third-order valence-corrected chi connectivity index (χ3v) is 7.39. The van der Waals surface area contributed by atoms with Crippen LogP contribution >= 0.6 is 0 Å². The van der Waals surface area contributed by atoms with Crippen molar-refractivity contribution in [2.75, 3.05) is 13.7 Å². The molecule has 6 rings (SSSR count). The fourth-order valence-electron chi connectivity index (χ4n) is 5.02. The number of methoxy groups -OCH3 is 1. The molecule has 0 aliphatic rings. The second-order valence-electron chi connectivity index (χ2n) is 10.5. The molecule has 0 atom stereocenters. The summed E-state index contributed by atoms with van der Waals surface area (Å²) in [5.41, 5.74) is 2.86. The van der Waals surface area contributed by atoms with Crippen molar-refractivity contribution in [2.24, 2.45) is 0 Å². The minimum Gasteiger partial charge on any atom is -0.478 e. The third-order valence-electron chi connectivity index (χ3n) is 7.39. The number of alkyl halides is 2. The van der Waals surface area contributed by atoms with Crippen LogP contribution in [0.3, 0.4) is 0 Å². The largest absolute Gasteiger partial charge is 0.478 e. The monoisotopic (exact) mass is 646 g/mol. The first-order valence-electron chi connectivity index (χ1n) is 14.3. The molecule has 47 heavy (non-hydrogen) atoms. The van der Waals surface area contributed by atoms with Gasteiger partial charge in [0.1, 0.15) is 24.1 Å². The maximum absolute atomic E-state index is 15.5.